The molecule has 0 fully saturated rings. The maximum Gasteiger partial charge on any atom is 0.324 e. The summed E-state index contributed by atoms with van der Waals surface area (Å²) >= 11 is 0. The molecule has 5 heteroatoms. The first-order valence-corrected chi connectivity index (χ1v) is 22.6. The standard InChI is InChI=1S/C45H89NO4/c1-5-9-13-17-21-23-25-27-30-34-38-45(44(49)50,42(41-43(47)48)37-33-29-19-15-11-7-3)46(39-35-31-20-16-12-8-4)40-36-32-28-26-24-22-18-14-10-6-2/h42H,5-41H2,1-4H3,(H,47,48)(H,49,50)/t42?,45-/m0/s1. The number of carboxylic acids is 2. The molecule has 0 aliphatic rings. The summed E-state index contributed by atoms with van der Waals surface area (Å²) in [6, 6.07) is 0. The Balaban J connectivity index is 5.84. The molecule has 298 valence electrons. The van der Waals surface area contributed by atoms with Crippen molar-refractivity contribution in [2.75, 3.05) is 13.1 Å². The minimum absolute atomic E-state index is 0.0376. The number of carbonyl (C=O) groups is 2. The number of rotatable bonds is 41. The molecular weight excluding hydrogens is 618 g/mol. The number of carboxylic acid groups (broad SMARTS) is 2. The van der Waals surface area contributed by atoms with Crippen molar-refractivity contribution in [1.82, 2.24) is 4.90 Å². The highest BCUT2D eigenvalue weighted by molar-refractivity contribution is 5.80. The van der Waals surface area contributed by atoms with Crippen LogP contribution >= 0.6 is 0 Å². The number of nitrogens with zero attached hydrogens (tertiary/aromatic N) is 1. The zero-order chi connectivity index (χ0) is 37.0. The fraction of sp³-hybridized carbons (Fsp3) is 0.956. The molecule has 2 N–H and O–H groups in total. The molecule has 0 heterocycles. The lowest BCUT2D eigenvalue weighted by Crippen LogP contribution is -2.60. The molecule has 0 rings (SSSR count). The van der Waals surface area contributed by atoms with Gasteiger partial charge in [0.15, 0.2) is 0 Å². The first-order valence-electron chi connectivity index (χ1n) is 22.6. The average Bonchev–Trinajstić information content (AvgIpc) is 3.09. The van der Waals surface area contributed by atoms with Gasteiger partial charge in [0, 0.05) is 0 Å². The predicted molar refractivity (Wildman–Crippen MR) is 217 cm³/mol. The summed E-state index contributed by atoms with van der Waals surface area (Å²) in [6.07, 6.45) is 39.9. The van der Waals surface area contributed by atoms with Crippen molar-refractivity contribution < 1.29 is 19.8 Å². The van der Waals surface area contributed by atoms with Crippen LogP contribution in [0, 0.1) is 5.92 Å². The highest BCUT2D eigenvalue weighted by Crippen LogP contribution is 2.38. The zero-order valence-corrected chi connectivity index (χ0v) is 34.4. The van der Waals surface area contributed by atoms with Crippen LogP contribution in [-0.4, -0.2) is 45.7 Å². The fourth-order valence-corrected chi connectivity index (χ4v) is 8.19. The third-order valence-corrected chi connectivity index (χ3v) is 11.4. The van der Waals surface area contributed by atoms with Crippen LogP contribution in [0.3, 0.4) is 0 Å². The summed E-state index contributed by atoms with van der Waals surface area (Å²) in [4.78, 5) is 28.5. The second-order valence-corrected chi connectivity index (χ2v) is 15.9. The van der Waals surface area contributed by atoms with Crippen LogP contribution in [0.1, 0.15) is 252 Å². The normalized spacial score (nSPS) is 13.5. The van der Waals surface area contributed by atoms with E-state index in [2.05, 4.69) is 32.6 Å². The predicted octanol–water partition coefficient (Wildman–Crippen LogP) is 14.5. The fourth-order valence-electron chi connectivity index (χ4n) is 8.19. The Morgan fingerprint density at radius 3 is 1.06 bits per heavy atom. The molecule has 1 unspecified atom stereocenters. The molecule has 0 aromatic rings. The van der Waals surface area contributed by atoms with Gasteiger partial charge >= 0.3 is 11.9 Å². The SMILES string of the molecule is CCCCCCCCCCCCN(CCCCCCCC)[C@](CCCCCCCCCCCC)(C(=O)O)C(CCCCCCCC)CC(=O)O. The molecular formula is C45H89NO4. The van der Waals surface area contributed by atoms with E-state index in [0.29, 0.717) is 12.8 Å². The minimum atomic E-state index is -1.09. The molecule has 0 aromatic heterocycles. The Morgan fingerprint density at radius 1 is 0.440 bits per heavy atom. The van der Waals surface area contributed by atoms with E-state index in [1.54, 1.807) is 0 Å². The Bertz CT molecular complexity index is 743. The summed E-state index contributed by atoms with van der Waals surface area (Å²) < 4.78 is 0. The van der Waals surface area contributed by atoms with Gasteiger partial charge in [0.1, 0.15) is 5.54 Å². The van der Waals surface area contributed by atoms with Crippen molar-refractivity contribution in [1.29, 1.82) is 0 Å². The quantitative estimate of drug-likeness (QED) is 0.0619. The molecule has 0 bridgehead atoms. The maximum absolute atomic E-state index is 13.8. The van der Waals surface area contributed by atoms with E-state index in [1.165, 1.54) is 141 Å². The summed E-state index contributed by atoms with van der Waals surface area (Å²) in [5.41, 5.74) is -1.09. The van der Waals surface area contributed by atoms with Gasteiger partial charge in [0.25, 0.3) is 0 Å². The van der Waals surface area contributed by atoms with Gasteiger partial charge in [-0.05, 0) is 44.7 Å². The molecule has 0 aliphatic heterocycles. The first-order chi connectivity index (χ1) is 24.4. The van der Waals surface area contributed by atoms with Gasteiger partial charge in [-0.15, -0.1) is 0 Å². The molecule has 0 amide bonds. The zero-order valence-electron chi connectivity index (χ0n) is 34.4. The van der Waals surface area contributed by atoms with Crippen molar-refractivity contribution in [2.24, 2.45) is 5.92 Å². The van der Waals surface area contributed by atoms with E-state index >= 15 is 0 Å². The van der Waals surface area contributed by atoms with Gasteiger partial charge in [-0.3, -0.25) is 14.5 Å². The summed E-state index contributed by atoms with van der Waals surface area (Å²) in [5, 5.41) is 21.5. The largest absolute Gasteiger partial charge is 0.481 e. The molecule has 0 radical (unpaired) electrons. The summed E-state index contributed by atoms with van der Waals surface area (Å²) in [6.45, 7) is 10.6. The highest BCUT2D eigenvalue weighted by atomic mass is 16.4. The second-order valence-electron chi connectivity index (χ2n) is 15.9. The Morgan fingerprint density at radius 2 is 0.740 bits per heavy atom. The lowest BCUT2D eigenvalue weighted by atomic mass is 9.73. The number of unbranched alkanes of at least 4 members (excludes halogenated alkanes) is 28. The van der Waals surface area contributed by atoms with Gasteiger partial charge < -0.3 is 10.2 Å². The van der Waals surface area contributed by atoms with Gasteiger partial charge in [0.2, 0.25) is 0 Å². The van der Waals surface area contributed by atoms with Gasteiger partial charge in [-0.25, -0.2) is 0 Å². The first kappa shape index (κ1) is 48.9. The van der Waals surface area contributed by atoms with Crippen molar-refractivity contribution in [3.8, 4) is 0 Å². The van der Waals surface area contributed by atoms with E-state index in [1.807, 2.05) is 0 Å². The summed E-state index contributed by atoms with van der Waals surface area (Å²) in [5.74, 6) is -1.96. The van der Waals surface area contributed by atoms with Crippen LogP contribution < -0.4 is 0 Å². The minimum Gasteiger partial charge on any atom is -0.481 e. The molecule has 0 saturated carbocycles. The number of hydrogen-bond donors (Lipinski definition) is 2. The maximum atomic E-state index is 13.8. The van der Waals surface area contributed by atoms with Crippen LogP contribution in [-0.2, 0) is 9.59 Å². The molecule has 0 aliphatic carbocycles. The van der Waals surface area contributed by atoms with Crippen LogP contribution in [0.2, 0.25) is 0 Å². The Labute approximate surface area is 312 Å². The molecule has 50 heavy (non-hydrogen) atoms. The van der Waals surface area contributed by atoms with E-state index in [0.717, 1.165) is 77.3 Å². The van der Waals surface area contributed by atoms with Gasteiger partial charge in [-0.2, -0.15) is 0 Å². The average molecular weight is 708 g/mol. The molecule has 5 nitrogen and oxygen atoms in total. The Hall–Kier alpha value is -1.10. The van der Waals surface area contributed by atoms with E-state index in [4.69, 9.17) is 0 Å². The van der Waals surface area contributed by atoms with Crippen molar-refractivity contribution in [2.45, 2.75) is 258 Å². The van der Waals surface area contributed by atoms with Gasteiger partial charge in [0.05, 0.1) is 6.42 Å². The topological polar surface area (TPSA) is 77.8 Å². The second kappa shape index (κ2) is 36.3. The highest BCUT2D eigenvalue weighted by Gasteiger charge is 2.50. The third kappa shape index (κ3) is 25.8. The van der Waals surface area contributed by atoms with Crippen LogP contribution in [0.4, 0.5) is 0 Å². The molecule has 0 aromatic carbocycles. The van der Waals surface area contributed by atoms with Crippen LogP contribution in [0.25, 0.3) is 0 Å². The lowest BCUT2D eigenvalue weighted by Gasteiger charge is -2.46. The van der Waals surface area contributed by atoms with Crippen molar-refractivity contribution >= 4 is 11.9 Å². The van der Waals surface area contributed by atoms with Crippen molar-refractivity contribution in [3.63, 3.8) is 0 Å². The molecule has 0 spiro atoms. The molecule has 0 saturated heterocycles. The summed E-state index contributed by atoms with van der Waals surface area (Å²) in [7, 11) is 0. The smallest absolute Gasteiger partial charge is 0.324 e. The van der Waals surface area contributed by atoms with Crippen LogP contribution in [0.5, 0.6) is 0 Å². The number of hydrogen-bond acceptors (Lipinski definition) is 3. The van der Waals surface area contributed by atoms with E-state index < -0.39 is 17.5 Å². The van der Waals surface area contributed by atoms with E-state index in [9.17, 15) is 19.8 Å². The van der Waals surface area contributed by atoms with Crippen molar-refractivity contribution in [3.05, 3.63) is 0 Å². The third-order valence-electron chi connectivity index (χ3n) is 11.4. The lowest BCUT2D eigenvalue weighted by molar-refractivity contribution is -0.160. The van der Waals surface area contributed by atoms with E-state index in [-0.39, 0.29) is 12.3 Å². The number of aliphatic carboxylic acids is 2. The Kier molecular flexibility index (Phi) is 35.5. The monoisotopic (exact) mass is 708 g/mol. The van der Waals surface area contributed by atoms with Gasteiger partial charge in [-0.1, -0.05) is 220 Å². The van der Waals surface area contributed by atoms with Crippen LogP contribution in [0.15, 0.2) is 0 Å². The molecule has 2 atom stereocenters.